The van der Waals surface area contributed by atoms with Gasteiger partial charge in [0.15, 0.2) is 11.5 Å². The number of hydrogen-bond donors (Lipinski definition) is 1. The molecule has 0 saturated heterocycles. The molecule has 0 radical (unpaired) electrons. The molecule has 0 atom stereocenters. The Morgan fingerprint density at radius 3 is 2.70 bits per heavy atom. The highest BCUT2D eigenvalue weighted by Gasteiger charge is 2.13. The average Bonchev–Trinajstić information content (AvgIpc) is 3.39. The normalized spacial score (nSPS) is 10.7. The zero-order valence-corrected chi connectivity index (χ0v) is 14.4. The number of carbonyl (C=O) groups excluding carboxylic acids is 1. The molecule has 0 fully saturated rings. The van der Waals surface area contributed by atoms with Crippen LogP contribution in [0.1, 0.15) is 10.5 Å². The Labute approximate surface area is 155 Å². The molecular formula is C20H17N5O2. The van der Waals surface area contributed by atoms with Crippen molar-refractivity contribution in [3.05, 3.63) is 78.8 Å². The predicted octanol–water partition coefficient (Wildman–Crippen LogP) is 3.03. The van der Waals surface area contributed by atoms with Gasteiger partial charge in [0.25, 0.3) is 5.91 Å². The van der Waals surface area contributed by atoms with Crippen molar-refractivity contribution < 1.29 is 9.32 Å². The summed E-state index contributed by atoms with van der Waals surface area (Å²) in [4.78, 5) is 16.5. The van der Waals surface area contributed by atoms with E-state index in [-0.39, 0.29) is 11.6 Å². The first-order valence-corrected chi connectivity index (χ1v) is 8.55. The summed E-state index contributed by atoms with van der Waals surface area (Å²) in [6.07, 6.45) is 3.59. The van der Waals surface area contributed by atoms with E-state index in [4.69, 9.17) is 4.52 Å². The molecule has 3 aromatic heterocycles. The number of nitrogens with zero attached hydrogens (tertiary/aromatic N) is 4. The van der Waals surface area contributed by atoms with E-state index in [1.807, 2.05) is 60.8 Å². The summed E-state index contributed by atoms with van der Waals surface area (Å²) in [6.45, 7) is 0.970. The van der Waals surface area contributed by atoms with Crippen LogP contribution >= 0.6 is 0 Å². The van der Waals surface area contributed by atoms with Gasteiger partial charge in [0.05, 0.1) is 12.2 Å². The minimum absolute atomic E-state index is 0.253. The molecule has 27 heavy (non-hydrogen) atoms. The summed E-state index contributed by atoms with van der Waals surface area (Å²) in [6, 6.07) is 18.8. The fraction of sp³-hybridized carbons (Fsp3) is 0.100. The van der Waals surface area contributed by atoms with Crippen LogP contribution in [0.25, 0.3) is 22.7 Å². The van der Waals surface area contributed by atoms with E-state index < -0.39 is 0 Å². The molecule has 134 valence electrons. The highest BCUT2D eigenvalue weighted by molar-refractivity contribution is 5.93. The van der Waals surface area contributed by atoms with Crippen LogP contribution < -0.4 is 5.32 Å². The van der Waals surface area contributed by atoms with Crippen molar-refractivity contribution in [3.63, 3.8) is 0 Å². The van der Waals surface area contributed by atoms with Gasteiger partial charge in [-0.1, -0.05) is 41.6 Å². The first-order chi connectivity index (χ1) is 13.3. The molecular weight excluding hydrogens is 342 g/mol. The van der Waals surface area contributed by atoms with Crippen LogP contribution in [0.3, 0.4) is 0 Å². The maximum Gasteiger partial charge on any atom is 0.273 e. The SMILES string of the molecule is O=C(NCCn1ccc(-c2ccccn2)n1)c1cc(-c2ccccc2)on1. The molecule has 7 nitrogen and oxygen atoms in total. The molecule has 7 heteroatoms. The zero-order valence-electron chi connectivity index (χ0n) is 14.4. The minimum atomic E-state index is -0.280. The molecule has 4 rings (SSSR count). The predicted molar refractivity (Wildman–Crippen MR) is 99.7 cm³/mol. The lowest BCUT2D eigenvalue weighted by atomic mass is 10.1. The van der Waals surface area contributed by atoms with Crippen LogP contribution in [0.5, 0.6) is 0 Å². The van der Waals surface area contributed by atoms with Crippen molar-refractivity contribution in [1.29, 1.82) is 0 Å². The Balaban J connectivity index is 1.33. The number of amides is 1. The van der Waals surface area contributed by atoms with Crippen molar-refractivity contribution in [2.45, 2.75) is 6.54 Å². The van der Waals surface area contributed by atoms with Crippen LogP contribution in [0.4, 0.5) is 0 Å². The highest BCUT2D eigenvalue weighted by Crippen LogP contribution is 2.19. The van der Waals surface area contributed by atoms with Gasteiger partial charge in [-0.05, 0) is 18.2 Å². The number of hydrogen-bond acceptors (Lipinski definition) is 5. The van der Waals surface area contributed by atoms with Crippen molar-refractivity contribution in [1.82, 2.24) is 25.2 Å². The second kappa shape index (κ2) is 7.65. The molecule has 3 heterocycles. The van der Waals surface area contributed by atoms with Gasteiger partial charge in [-0.3, -0.25) is 14.5 Å². The van der Waals surface area contributed by atoms with Gasteiger partial charge in [-0.2, -0.15) is 5.10 Å². The monoisotopic (exact) mass is 359 g/mol. The van der Waals surface area contributed by atoms with Gasteiger partial charge in [0.1, 0.15) is 5.69 Å². The molecule has 0 spiro atoms. The molecule has 0 unspecified atom stereocenters. The van der Waals surface area contributed by atoms with Gasteiger partial charge in [0.2, 0.25) is 0 Å². The number of benzene rings is 1. The van der Waals surface area contributed by atoms with E-state index in [0.29, 0.717) is 18.8 Å². The molecule has 1 aromatic carbocycles. The maximum atomic E-state index is 12.2. The summed E-state index contributed by atoms with van der Waals surface area (Å²) in [5.74, 6) is 0.283. The minimum Gasteiger partial charge on any atom is -0.355 e. The summed E-state index contributed by atoms with van der Waals surface area (Å²) in [5, 5.41) is 11.1. The lowest BCUT2D eigenvalue weighted by Crippen LogP contribution is -2.27. The Hall–Kier alpha value is -3.74. The van der Waals surface area contributed by atoms with E-state index in [0.717, 1.165) is 17.0 Å². The Bertz CT molecular complexity index is 1020. The summed E-state index contributed by atoms with van der Waals surface area (Å²) < 4.78 is 7.02. The van der Waals surface area contributed by atoms with Crippen LogP contribution in [0.15, 0.2) is 77.6 Å². The Morgan fingerprint density at radius 1 is 1.04 bits per heavy atom. The lowest BCUT2D eigenvalue weighted by Gasteiger charge is -2.03. The largest absolute Gasteiger partial charge is 0.355 e. The molecule has 0 saturated carbocycles. The van der Waals surface area contributed by atoms with E-state index in [9.17, 15) is 4.79 Å². The summed E-state index contributed by atoms with van der Waals surface area (Å²) in [5.41, 5.74) is 2.74. The molecule has 1 N–H and O–H groups in total. The number of nitrogens with one attached hydrogen (secondary N) is 1. The second-order valence-electron chi connectivity index (χ2n) is 5.88. The maximum absolute atomic E-state index is 12.2. The van der Waals surface area contributed by atoms with Crippen molar-refractivity contribution >= 4 is 5.91 Å². The van der Waals surface area contributed by atoms with Gasteiger partial charge < -0.3 is 9.84 Å². The van der Waals surface area contributed by atoms with E-state index in [2.05, 4.69) is 20.6 Å². The molecule has 0 aliphatic heterocycles. The molecule has 4 aromatic rings. The van der Waals surface area contributed by atoms with E-state index >= 15 is 0 Å². The van der Waals surface area contributed by atoms with Crippen LogP contribution in [0.2, 0.25) is 0 Å². The Morgan fingerprint density at radius 2 is 1.89 bits per heavy atom. The average molecular weight is 359 g/mol. The lowest BCUT2D eigenvalue weighted by molar-refractivity contribution is 0.0943. The van der Waals surface area contributed by atoms with Gasteiger partial charge in [-0.25, -0.2) is 0 Å². The number of rotatable bonds is 6. The molecule has 0 aliphatic carbocycles. The van der Waals surface area contributed by atoms with Crippen molar-refractivity contribution in [2.24, 2.45) is 0 Å². The third kappa shape index (κ3) is 3.92. The van der Waals surface area contributed by atoms with Crippen LogP contribution in [-0.2, 0) is 6.54 Å². The first kappa shape index (κ1) is 16.7. The molecule has 1 amide bonds. The fourth-order valence-corrected chi connectivity index (χ4v) is 2.63. The number of pyridine rings is 1. The smallest absolute Gasteiger partial charge is 0.273 e. The van der Waals surface area contributed by atoms with Crippen molar-refractivity contribution in [3.8, 4) is 22.7 Å². The van der Waals surface area contributed by atoms with E-state index in [1.165, 1.54) is 0 Å². The first-order valence-electron chi connectivity index (χ1n) is 8.55. The van der Waals surface area contributed by atoms with Crippen LogP contribution in [-0.4, -0.2) is 32.4 Å². The fourth-order valence-electron chi connectivity index (χ4n) is 2.63. The van der Waals surface area contributed by atoms with E-state index in [1.54, 1.807) is 16.9 Å². The second-order valence-corrected chi connectivity index (χ2v) is 5.88. The highest BCUT2D eigenvalue weighted by atomic mass is 16.5. The quantitative estimate of drug-likeness (QED) is 0.572. The van der Waals surface area contributed by atoms with Gasteiger partial charge in [0, 0.05) is 30.6 Å². The third-order valence-corrected chi connectivity index (χ3v) is 4.00. The molecule has 0 aliphatic rings. The topological polar surface area (TPSA) is 85.8 Å². The summed E-state index contributed by atoms with van der Waals surface area (Å²) in [7, 11) is 0. The number of carbonyl (C=O) groups is 1. The van der Waals surface area contributed by atoms with Crippen LogP contribution in [0, 0.1) is 0 Å². The standard InChI is InChI=1S/C20H17N5O2/c26-20(18-14-19(27-24-18)15-6-2-1-3-7-15)22-11-13-25-12-9-17(23-25)16-8-4-5-10-21-16/h1-10,12,14H,11,13H2,(H,22,26). The Kier molecular flexibility index (Phi) is 4.74. The van der Waals surface area contributed by atoms with Gasteiger partial charge in [-0.15, -0.1) is 0 Å². The summed E-state index contributed by atoms with van der Waals surface area (Å²) >= 11 is 0. The number of aromatic nitrogens is 4. The third-order valence-electron chi connectivity index (χ3n) is 4.00. The molecule has 0 bridgehead atoms. The van der Waals surface area contributed by atoms with Gasteiger partial charge >= 0.3 is 0 Å². The zero-order chi connectivity index (χ0) is 18.5. The van der Waals surface area contributed by atoms with Crippen molar-refractivity contribution in [2.75, 3.05) is 6.54 Å².